The summed E-state index contributed by atoms with van der Waals surface area (Å²) in [6.07, 6.45) is 6.52. The minimum Gasteiger partial charge on any atom is -0.358 e. The first-order valence-electron chi connectivity index (χ1n) is 10.7. The first-order chi connectivity index (χ1) is 14.5. The first-order valence-corrected chi connectivity index (χ1v) is 10.7. The normalized spacial score (nSPS) is 23.2. The molecule has 0 spiro atoms. The Hall–Kier alpha value is -2.76. The van der Waals surface area contributed by atoms with Gasteiger partial charge in [-0.1, -0.05) is 31.0 Å². The molecule has 2 fully saturated rings. The van der Waals surface area contributed by atoms with Crippen LogP contribution in [0.1, 0.15) is 49.8 Å². The van der Waals surface area contributed by atoms with E-state index in [0.29, 0.717) is 25.2 Å². The average Bonchev–Trinajstić information content (AvgIpc) is 3.30. The molecule has 5 nitrogen and oxygen atoms in total. The van der Waals surface area contributed by atoms with E-state index in [1.807, 2.05) is 23.1 Å². The molecule has 2 heterocycles. The van der Waals surface area contributed by atoms with Gasteiger partial charge < -0.3 is 10.2 Å². The highest BCUT2D eigenvalue weighted by atomic mass is 19.1. The molecule has 0 radical (unpaired) electrons. The van der Waals surface area contributed by atoms with Crippen LogP contribution in [0.15, 0.2) is 48.7 Å². The van der Waals surface area contributed by atoms with Gasteiger partial charge in [-0.05, 0) is 55.5 Å². The van der Waals surface area contributed by atoms with Crippen LogP contribution in [0, 0.1) is 5.82 Å². The number of likely N-dealkylation sites (tertiary alicyclic amines) is 1. The molecule has 1 atom stereocenters. The lowest BCUT2D eigenvalue weighted by Crippen LogP contribution is -2.58. The van der Waals surface area contributed by atoms with Crippen LogP contribution in [0.4, 0.5) is 4.39 Å². The molecule has 1 aliphatic heterocycles. The first kappa shape index (κ1) is 20.5. The van der Waals surface area contributed by atoms with Crippen LogP contribution >= 0.6 is 0 Å². The number of rotatable bonds is 4. The Kier molecular flexibility index (Phi) is 5.58. The number of carbonyl (C=O) groups excluding carboxylic acids is 2. The maximum Gasteiger partial charge on any atom is 0.233 e. The van der Waals surface area contributed by atoms with Crippen molar-refractivity contribution in [2.75, 3.05) is 20.1 Å². The van der Waals surface area contributed by atoms with Gasteiger partial charge in [0.05, 0.1) is 11.1 Å². The van der Waals surface area contributed by atoms with Gasteiger partial charge in [-0.3, -0.25) is 14.6 Å². The van der Waals surface area contributed by atoms with E-state index >= 15 is 0 Å². The number of piperidine rings is 1. The summed E-state index contributed by atoms with van der Waals surface area (Å²) in [4.78, 5) is 33.3. The minimum atomic E-state index is -0.855. The molecule has 1 aromatic heterocycles. The maximum absolute atomic E-state index is 13.9. The molecule has 6 heteroatoms. The molecular formula is C24H28FN3O2. The lowest BCUT2D eigenvalue weighted by molar-refractivity contribution is -0.142. The summed E-state index contributed by atoms with van der Waals surface area (Å²) >= 11 is 0. The maximum atomic E-state index is 13.9. The van der Waals surface area contributed by atoms with Crippen LogP contribution in [0.2, 0.25) is 0 Å². The van der Waals surface area contributed by atoms with Crippen LogP contribution in [0.5, 0.6) is 0 Å². The quantitative estimate of drug-likeness (QED) is 0.843. The Morgan fingerprint density at radius 1 is 1.00 bits per heavy atom. The monoisotopic (exact) mass is 409 g/mol. The summed E-state index contributed by atoms with van der Waals surface area (Å²) in [6, 6.07) is 11.9. The lowest BCUT2D eigenvalue weighted by Gasteiger charge is -2.44. The molecule has 0 bridgehead atoms. The number of carbonyl (C=O) groups is 2. The second-order valence-electron chi connectivity index (χ2n) is 8.50. The molecular weight excluding hydrogens is 381 g/mol. The molecule has 1 aromatic carbocycles. The number of aromatic nitrogens is 1. The van der Waals surface area contributed by atoms with E-state index in [2.05, 4.69) is 10.3 Å². The molecule has 2 aliphatic rings. The molecule has 1 saturated heterocycles. The summed E-state index contributed by atoms with van der Waals surface area (Å²) in [5.41, 5.74) is 0.0836. The average molecular weight is 410 g/mol. The van der Waals surface area contributed by atoms with Crippen molar-refractivity contribution >= 4 is 11.8 Å². The Morgan fingerprint density at radius 3 is 2.33 bits per heavy atom. The molecule has 1 aliphatic carbocycles. The van der Waals surface area contributed by atoms with Crippen molar-refractivity contribution in [1.82, 2.24) is 15.2 Å². The zero-order valence-corrected chi connectivity index (χ0v) is 17.4. The van der Waals surface area contributed by atoms with Gasteiger partial charge in [-0.25, -0.2) is 4.39 Å². The van der Waals surface area contributed by atoms with Crippen molar-refractivity contribution < 1.29 is 14.0 Å². The highest BCUT2D eigenvalue weighted by Gasteiger charge is 2.50. The van der Waals surface area contributed by atoms with Crippen LogP contribution in [0.3, 0.4) is 0 Å². The number of likely N-dealkylation sites (N-methyl/N-ethyl adjacent to an activating group) is 1. The Bertz CT molecular complexity index is 910. The molecule has 158 valence electrons. The second-order valence-corrected chi connectivity index (χ2v) is 8.50. The summed E-state index contributed by atoms with van der Waals surface area (Å²) in [5.74, 6) is -0.359. The standard InChI is InChI=1S/C24H28FN3O2/c1-26-21(29)24(20-7-2-5-15-27-20)14-6-16-28(17-24)22(30)23(12-3-4-13-23)18-8-10-19(25)11-9-18/h2,5,7-11,15H,3-4,6,12-14,16-17H2,1H3,(H,26,29). The number of benzene rings is 1. The minimum absolute atomic E-state index is 0.0514. The third-order valence-electron chi connectivity index (χ3n) is 6.86. The van der Waals surface area contributed by atoms with Crippen LogP contribution in [-0.2, 0) is 20.4 Å². The van der Waals surface area contributed by atoms with E-state index < -0.39 is 10.8 Å². The van der Waals surface area contributed by atoms with Gasteiger partial charge in [0.25, 0.3) is 0 Å². The fourth-order valence-corrected chi connectivity index (χ4v) is 5.30. The lowest BCUT2D eigenvalue weighted by atomic mass is 9.73. The number of amides is 2. The van der Waals surface area contributed by atoms with Crippen LogP contribution in [0.25, 0.3) is 0 Å². The van der Waals surface area contributed by atoms with Gasteiger partial charge in [0.15, 0.2) is 0 Å². The van der Waals surface area contributed by atoms with Crippen LogP contribution in [-0.4, -0.2) is 41.8 Å². The van der Waals surface area contributed by atoms with Gasteiger partial charge in [0.1, 0.15) is 11.2 Å². The van der Waals surface area contributed by atoms with Crippen molar-refractivity contribution in [3.63, 3.8) is 0 Å². The summed E-state index contributed by atoms with van der Waals surface area (Å²) in [5, 5.41) is 2.79. The SMILES string of the molecule is CNC(=O)C1(c2ccccn2)CCCN(C(=O)C2(c3ccc(F)cc3)CCCC2)C1. The number of hydrogen-bond donors (Lipinski definition) is 1. The molecule has 1 N–H and O–H groups in total. The van der Waals surface area contributed by atoms with Crippen LogP contribution < -0.4 is 5.32 Å². The van der Waals surface area contributed by atoms with E-state index in [0.717, 1.165) is 37.7 Å². The van der Waals surface area contributed by atoms with E-state index in [1.165, 1.54) is 12.1 Å². The van der Waals surface area contributed by atoms with E-state index in [1.54, 1.807) is 25.4 Å². The van der Waals surface area contributed by atoms with Crippen molar-refractivity contribution in [2.45, 2.75) is 49.4 Å². The Labute approximate surface area is 176 Å². The number of pyridine rings is 1. The predicted molar refractivity (Wildman–Crippen MR) is 112 cm³/mol. The van der Waals surface area contributed by atoms with Gasteiger partial charge in [-0.2, -0.15) is 0 Å². The predicted octanol–water partition coefficient (Wildman–Crippen LogP) is 3.34. The summed E-state index contributed by atoms with van der Waals surface area (Å²) in [6.45, 7) is 0.929. The molecule has 2 amide bonds. The zero-order chi connectivity index (χ0) is 21.2. The van der Waals surface area contributed by atoms with Crippen molar-refractivity contribution in [2.24, 2.45) is 0 Å². The Morgan fingerprint density at radius 2 is 1.70 bits per heavy atom. The molecule has 2 aromatic rings. The Balaban J connectivity index is 1.70. The van der Waals surface area contributed by atoms with Gasteiger partial charge >= 0.3 is 0 Å². The highest BCUT2D eigenvalue weighted by Crippen LogP contribution is 2.44. The number of nitrogens with one attached hydrogen (secondary N) is 1. The fraction of sp³-hybridized carbons (Fsp3) is 0.458. The molecule has 1 unspecified atom stereocenters. The number of halogens is 1. The van der Waals surface area contributed by atoms with E-state index in [4.69, 9.17) is 0 Å². The number of hydrogen-bond acceptors (Lipinski definition) is 3. The smallest absolute Gasteiger partial charge is 0.233 e. The molecule has 4 rings (SSSR count). The molecule has 1 saturated carbocycles. The third kappa shape index (κ3) is 3.38. The summed E-state index contributed by atoms with van der Waals surface area (Å²) in [7, 11) is 1.63. The van der Waals surface area contributed by atoms with Gasteiger partial charge in [-0.15, -0.1) is 0 Å². The zero-order valence-electron chi connectivity index (χ0n) is 17.4. The van der Waals surface area contributed by atoms with Gasteiger partial charge in [0, 0.05) is 26.3 Å². The molecule has 30 heavy (non-hydrogen) atoms. The van der Waals surface area contributed by atoms with Crippen molar-refractivity contribution in [3.8, 4) is 0 Å². The highest BCUT2D eigenvalue weighted by molar-refractivity contribution is 5.92. The largest absolute Gasteiger partial charge is 0.358 e. The number of nitrogens with zero attached hydrogens (tertiary/aromatic N) is 2. The second kappa shape index (κ2) is 8.17. The van der Waals surface area contributed by atoms with Crippen molar-refractivity contribution in [1.29, 1.82) is 0 Å². The topological polar surface area (TPSA) is 62.3 Å². The van der Waals surface area contributed by atoms with Gasteiger partial charge in [0.2, 0.25) is 11.8 Å². The third-order valence-corrected chi connectivity index (χ3v) is 6.86. The summed E-state index contributed by atoms with van der Waals surface area (Å²) < 4.78 is 13.5. The van der Waals surface area contributed by atoms with E-state index in [-0.39, 0.29) is 17.6 Å². The fourth-order valence-electron chi connectivity index (χ4n) is 5.30. The van der Waals surface area contributed by atoms with Crippen molar-refractivity contribution in [3.05, 3.63) is 65.7 Å². The van der Waals surface area contributed by atoms with E-state index in [9.17, 15) is 14.0 Å².